The van der Waals surface area contributed by atoms with Gasteiger partial charge in [0.25, 0.3) is 0 Å². The molecule has 1 aliphatic rings. The van der Waals surface area contributed by atoms with Crippen LogP contribution >= 0.6 is 0 Å². The molecular formula is C30H25F3N4O2. The molecule has 9 heteroatoms. The first kappa shape index (κ1) is 26.0. The summed E-state index contributed by atoms with van der Waals surface area (Å²) in [4.78, 5) is 8.44. The Balaban J connectivity index is 1.57. The van der Waals surface area contributed by atoms with Crippen LogP contribution in [0.2, 0.25) is 0 Å². The molecule has 0 saturated carbocycles. The third-order valence-corrected chi connectivity index (χ3v) is 6.30. The second-order valence-corrected chi connectivity index (χ2v) is 8.84. The maximum Gasteiger partial charge on any atom is 0.433 e. The molecule has 198 valence electrons. The summed E-state index contributed by atoms with van der Waals surface area (Å²) in [6.45, 7) is 0. The highest BCUT2D eigenvalue weighted by Gasteiger charge is 2.36. The van der Waals surface area contributed by atoms with E-state index in [-0.39, 0.29) is 11.6 Å². The fourth-order valence-electron chi connectivity index (χ4n) is 4.25. The lowest BCUT2D eigenvalue weighted by atomic mass is 10.0. The lowest BCUT2D eigenvalue weighted by Crippen LogP contribution is -2.23. The zero-order valence-electron chi connectivity index (χ0n) is 21.3. The zero-order chi connectivity index (χ0) is 27.4. The number of alkyl halides is 3. The Morgan fingerprint density at radius 2 is 1.46 bits per heavy atom. The van der Waals surface area contributed by atoms with E-state index in [0.29, 0.717) is 23.4 Å². The van der Waals surface area contributed by atoms with E-state index in [9.17, 15) is 13.2 Å². The van der Waals surface area contributed by atoms with Gasteiger partial charge in [0, 0.05) is 12.0 Å². The van der Waals surface area contributed by atoms with Gasteiger partial charge in [-0.3, -0.25) is 0 Å². The van der Waals surface area contributed by atoms with E-state index in [1.165, 1.54) is 5.01 Å². The summed E-state index contributed by atoms with van der Waals surface area (Å²) in [6, 6.07) is 24.1. The van der Waals surface area contributed by atoms with Gasteiger partial charge in [0.05, 0.1) is 31.7 Å². The highest BCUT2D eigenvalue weighted by molar-refractivity contribution is 6.01. The molecule has 1 aromatic heterocycles. The van der Waals surface area contributed by atoms with Crippen molar-refractivity contribution < 1.29 is 22.6 Å². The Morgan fingerprint density at radius 3 is 2.08 bits per heavy atom. The second-order valence-electron chi connectivity index (χ2n) is 8.84. The lowest BCUT2D eigenvalue weighted by molar-refractivity contribution is -0.141. The third-order valence-electron chi connectivity index (χ3n) is 6.30. The quantitative estimate of drug-likeness (QED) is 0.253. The smallest absolute Gasteiger partial charge is 0.433 e. The number of methoxy groups -OCH3 is 2. The van der Waals surface area contributed by atoms with Gasteiger partial charge in [-0.25, -0.2) is 15.0 Å². The summed E-state index contributed by atoms with van der Waals surface area (Å²) in [5.74, 6) is 1.29. The first-order valence-corrected chi connectivity index (χ1v) is 12.2. The number of benzene rings is 3. The topological polar surface area (TPSA) is 59.8 Å². The van der Waals surface area contributed by atoms with Crippen molar-refractivity contribution in [3.05, 3.63) is 108 Å². The van der Waals surface area contributed by atoms with Gasteiger partial charge < -0.3 is 9.47 Å². The van der Waals surface area contributed by atoms with Crippen LogP contribution in [0.3, 0.4) is 0 Å². The molecule has 0 N–H and O–H groups in total. The van der Waals surface area contributed by atoms with E-state index in [0.717, 1.165) is 22.9 Å². The Morgan fingerprint density at radius 1 is 0.821 bits per heavy atom. The molecule has 1 aliphatic heterocycles. The molecule has 0 bridgehead atoms. The van der Waals surface area contributed by atoms with Crippen molar-refractivity contribution in [1.29, 1.82) is 0 Å². The van der Waals surface area contributed by atoms with Gasteiger partial charge in [-0.2, -0.15) is 18.3 Å². The monoisotopic (exact) mass is 530 g/mol. The maximum atomic E-state index is 13.9. The molecule has 39 heavy (non-hydrogen) atoms. The van der Waals surface area contributed by atoms with Gasteiger partial charge in [0.1, 0.15) is 11.5 Å². The molecular weight excluding hydrogens is 505 g/mol. The van der Waals surface area contributed by atoms with E-state index >= 15 is 0 Å². The van der Waals surface area contributed by atoms with Crippen LogP contribution in [-0.2, 0) is 6.18 Å². The predicted octanol–water partition coefficient (Wildman–Crippen LogP) is 7.20. The van der Waals surface area contributed by atoms with Crippen LogP contribution < -0.4 is 14.5 Å². The lowest BCUT2D eigenvalue weighted by Gasteiger charge is -2.23. The first-order valence-electron chi connectivity index (χ1n) is 12.2. The number of anilines is 1. The summed E-state index contributed by atoms with van der Waals surface area (Å²) in [5.41, 5.74) is 2.13. The maximum absolute atomic E-state index is 13.9. The second kappa shape index (κ2) is 11.0. The fourth-order valence-corrected chi connectivity index (χ4v) is 4.25. The number of halogens is 3. The van der Waals surface area contributed by atoms with Crippen LogP contribution in [0.1, 0.15) is 29.3 Å². The van der Waals surface area contributed by atoms with Crippen molar-refractivity contribution in [2.75, 3.05) is 19.2 Å². The van der Waals surface area contributed by atoms with E-state index < -0.39 is 17.9 Å². The molecule has 4 aromatic rings. The standard InChI is InChI=1S/C30H25F3N4O2/c1-38-24-14-9-20(10-15-24)8-13-23-18-27(22-11-16-25(39-2)17-12-22)37(36-23)29-34-26(21-6-4-3-5-7-21)19-28(35-29)30(31,32)33/h3-17,19,27H,18H2,1-2H3/b13-8+. The molecule has 0 spiro atoms. The summed E-state index contributed by atoms with van der Waals surface area (Å²) in [5, 5.41) is 6.15. The van der Waals surface area contributed by atoms with Gasteiger partial charge >= 0.3 is 6.18 Å². The Kier molecular flexibility index (Phi) is 7.31. The van der Waals surface area contributed by atoms with Crippen molar-refractivity contribution >= 4 is 17.7 Å². The number of nitrogens with zero attached hydrogens (tertiary/aromatic N) is 4. The minimum atomic E-state index is -4.66. The van der Waals surface area contributed by atoms with Crippen LogP contribution in [0.15, 0.2) is 96.1 Å². The van der Waals surface area contributed by atoms with E-state index in [4.69, 9.17) is 9.47 Å². The van der Waals surface area contributed by atoms with Gasteiger partial charge in [0.2, 0.25) is 5.95 Å². The molecule has 0 saturated heterocycles. The first-order chi connectivity index (χ1) is 18.8. The highest BCUT2D eigenvalue weighted by Crippen LogP contribution is 2.38. The van der Waals surface area contributed by atoms with Gasteiger partial charge in [0.15, 0.2) is 5.69 Å². The van der Waals surface area contributed by atoms with Crippen LogP contribution in [0, 0.1) is 0 Å². The molecule has 5 rings (SSSR count). The number of hydrogen-bond acceptors (Lipinski definition) is 6. The normalized spacial score (nSPS) is 15.5. The molecule has 0 radical (unpaired) electrons. The van der Waals surface area contributed by atoms with Crippen LogP contribution in [0.4, 0.5) is 19.1 Å². The minimum Gasteiger partial charge on any atom is -0.497 e. The molecule has 0 fully saturated rings. The number of allylic oxidation sites excluding steroid dienone is 1. The largest absolute Gasteiger partial charge is 0.497 e. The van der Waals surface area contributed by atoms with Gasteiger partial charge in [-0.1, -0.05) is 60.7 Å². The van der Waals surface area contributed by atoms with Crippen molar-refractivity contribution in [1.82, 2.24) is 9.97 Å². The number of hydrogen-bond donors (Lipinski definition) is 0. The third kappa shape index (κ3) is 5.93. The van der Waals surface area contributed by atoms with Gasteiger partial charge in [-0.05, 0) is 47.5 Å². The van der Waals surface area contributed by atoms with Crippen molar-refractivity contribution in [3.63, 3.8) is 0 Å². The van der Waals surface area contributed by atoms with Crippen LogP contribution in [0.5, 0.6) is 11.5 Å². The Labute approximate surface area is 224 Å². The molecule has 6 nitrogen and oxygen atoms in total. The molecule has 3 aromatic carbocycles. The number of rotatable bonds is 7. The predicted molar refractivity (Wildman–Crippen MR) is 145 cm³/mol. The molecule has 0 amide bonds. The fraction of sp³-hybridized carbons (Fsp3) is 0.167. The number of aromatic nitrogens is 2. The van der Waals surface area contributed by atoms with Crippen molar-refractivity contribution in [2.45, 2.75) is 18.6 Å². The van der Waals surface area contributed by atoms with Crippen LogP contribution in [-0.4, -0.2) is 29.9 Å². The number of hydrazone groups is 1. The van der Waals surface area contributed by atoms with Crippen molar-refractivity contribution in [3.8, 4) is 22.8 Å². The summed E-state index contributed by atoms with van der Waals surface area (Å²) < 4.78 is 52.2. The molecule has 0 aliphatic carbocycles. The highest BCUT2D eigenvalue weighted by atomic mass is 19.4. The zero-order valence-corrected chi connectivity index (χ0v) is 21.3. The molecule has 1 unspecified atom stereocenters. The molecule has 1 atom stereocenters. The van der Waals surface area contributed by atoms with E-state index in [1.54, 1.807) is 56.7 Å². The van der Waals surface area contributed by atoms with Crippen molar-refractivity contribution in [2.24, 2.45) is 5.10 Å². The summed E-state index contributed by atoms with van der Waals surface area (Å²) in [7, 11) is 3.18. The van der Waals surface area contributed by atoms with Gasteiger partial charge in [-0.15, -0.1) is 0 Å². The van der Waals surface area contributed by atoms with E-state index in [1.807, 2.05) is 48.6 Å². The average molecular weight is 531 g/mol. The molecule has 2 heterocycles. The van der Waals surface area contributed by atoms with Crippen LogP contribution in [0.25, 0.3) is 17.3 Å². The average Bonchev–Trinajstić information content (AvgIpc) is 3.40. The Hall–Kier alpha value is -4.66. The minimum absolute atomic E-state index is 0.127. The summed E-state index contributed by atoms with van der Waals surface area (Å²) in [6.07, 6.45) is -0.462. The number of ether oxygens (including phenoxy) is 2. The summed E-state index contributed by atoms with van der Waals surface area (Å²) >= 11 is 0. The van der Waals surface area contributed by atoms with E-state index in [2.05, 4.69) is 15.1 Å². The Bertz CT molecular complexity index is 1490. The SMILES string of the molecule is COc1ccc(/C=C/C2=NN(c3nc(-c4ccccc4)cc(C(F)(F)F)n3)C(c3ccc(OC)cc3)C2)cc1.